The van der Waals surface area contributed by atoms with E-state index >= 15 is 0 Å². The summed E-state index contributed by atoms with van der Waals surface area (Å²) in [5, 5.41) is 6.67. The first-order valence-corrected chi connectivity index (χ1v) is 9.66. The monoisotopic (exact) mass is 346 g/mol. The van der Waals surface area contributed by atoms with Gasteiger partial charge < -0.3 is 15.4 Å². The van der Waals surface area contributed by atoms with Crippen LogP contribution in [-0.2, 0) is 22.4 Å². The van der Waals surface area contributed by atoms with Crippen molar-refractivity contribution in [3.63, 3.8) is 0 Å². The molecule has 1 atom stereocenters. The van der Waals surface area contributed by atoms with Crippen LogP contribution in [-0.4, -0.2) is 24.6 Å². The molecule has 2 fully saturated rings. The molecule has 2 N–H and O–H groups in total. The third-order valence-electron chi connectivity index (χ3n) is 5.15. The van der Waals surface area contributed by atoms with E-state index in [1.165, 1.54) is 24.2 Å². The van der Waals surface area contributed by atoms with Gasteiger partial charge in [-0.05, 0) is 56.4 Å². The lowest BCUT2D eigenvalue weighted by Crippen LogP contribution is -2.28. The zero-order chi connectivity index (χ0) is 16.7. The third-order valence-corrected chi connectivity index (χ3v) is 6.36. The summed E-state index contributed by atoms with van der Waals surface area (Å²) in [6.45, 7) is 0.705. The summed E-state index contributed by atoms with van der Waals surface area (Å²) in [5.74, 6) is 0.618. The van der Waals surface area contributed by atoms with Crippen molar-refractivity contribution in [3.8, 4) is 0 Å². The van der Waals surface area contributed by atoms with Crippen LogP contribution >= 0.6 is 11.3 Å². The Balaban J connectivity index is 1.60. The smallest absolute Gasteiger partial charge is 0.254 e. The van der Waals surface area contributed by atoms with Crippen molar-refractivity contribution in [3.05, 3.63) is 16.0 Å². The molecular formula is C18H22N2O3S. The maximum atomic E-state index is 12.7. The van der Waals surface area contributed by atoms with Crippen LogP contribution in [0.4, 0.5) is 5.00 Å². The van der Waals surface area contributed by atoms with Crippen LogP contribution in [0.5, 0.6) is 0 Å². The highest BCUT2D eigenvalue weighted by Gasteiger charge is 2.34. The van der Waals surface area contributed by atoms with Crippen LogP contribution in [0.1, 0.15) is 52.9 Å². The Kier molecular flexibility index (Phi) is 4.16. The molecule has 0 aliphatic heterocycles. The highest BCUT2D eigenvalue weighted by atomic mass is 32.1. The molecule has 4 rings (SSSR count). The minimum atomic E-state index is -0.1000. The van der Waals surface area contributed by atoms with Crippen LogP contribution < -0.4 is 10.6 Å². The van der Waals surface area contributed by atoms with E-state index in [9.17, 15) is 14.4 Å². The van der Waals surface area contributed by atoms with Crippen LogP contribution in [0, 0.1) is 17.8 Å². The first-order valence-electron chi connectivity index (χ1n) is 8.84. The van der Waals surface area contributed by atoms with E-state index in [1.807, 2.05) is 0 Å². The number of anilines is 1. The van der Waals surface area contributed by atoms with Crippen molar-refractivity contribution >= 4 is 34.4 Å². The van der Waals surface area contributed by atoms with Gasteiger partial charge in [0, 0.05) is 23.3 Å². The molecule has 5 nitrogen and oxygen atoms in total. The van der Waals surface area contributed by atoms with Crippen LogP contribution in [0.2, 0.25) is 0 Å². The van der Waals surface area contributed by atoms with Crippen LogP contribution in [0.15, 0.2) is 0 Å². The Morgan fingerprint density at radius 3 is 2.62 bits per heavy atom. The predicted octanol–water partition coefficient (Wildman–Crippen LogP) is 2.54. The standard InChI is InChI=1S/C18H22N2O3S/c21-9-11-3-6-14-13(7-11)15(17(23)19-8-10-1-2-10)18(24-14)20-16(22)12-4-5-12/h9-12H,1-8H2,(H,19,23)(H,20,22). The van der Waals surface area contributed by atoms with Gasteiger partial charge in [0.25, 0.3) is 5.91 Å². The molecule has 2 amide bonds. The number of thiophene rings is 1. The number of aldehydes is 1. The van der Waals surface area contributed by atoms with Gasteiger partial charge >= 0.3 is 0 Å². The van der Waals surface area contributed by atoms with E-state index < -0.39 is 0 Å². The fraction of sp³-hybridized carbons (Fsp3) is 0.611. The Hall–Kier alpha value is -1.69. The average molecular weight is 346 g/mol. The highest BCUT2D eigenvalue weighted by molar-refractivity contribution is 7.17. The Bertz CT molecular complexity index is 689. The highest BCUT2D eigenvalue weighted by Crippen LogP contribution is 2.41. The number of fused-ring (bicyclic) bond motifs is 1. The van der Waals surface area contributed by atoms with E-state index in [4.69, 9.17) is 0 Å². The normalized spacial score (nSPS) is 22.6. The number of hydrogen-bond acceptors (Lipinski definition) is 4. The maximum Gasteiger partial charge on any atom is 0.254 e. The Morgan fingerprint density at radius 1 is 1.17 bits per heavy atom. The molecule has 0 aromatic carbocycles. The van der Waals surface area contributed by atoms with E-state index in [1.54, 1.807) is 0 Å². The topological polar surface area (TPSA) is 75.3 Å². The van der Waals surface area contributed by atoms with E-state index in [0.29, 0.717) is 29.4 Å². The lowest BCUT2D eigenvalue weighted by atomic mass is 9.87. The average Bonchev–Trinajstić information content (AvgIpc) is 3.48. The molecule has 1 aromatic rings. The van der Waals surface area contributed by atoms with Gasteiger partial charge in [-0.1, -0.05) is 0 Å². The molecule has 1 heterocycles. The predicted molar refractivity (Wildman–Crippen MR) is 92.3 cm³/mol. The molecule has 24 heavy (non-hydrogen) atoms. The number of carbonyl (C=O) groups is 3. The molecule has 1 unspecified atom stereocenters. The lowest BCUT2D eigenvalue weighted by molar-refractivity contribution is -0.117. The number of hydrogen-bond donors (Lipinski definition) is 2. The van der Waals surface area contributed by atoms with E-state index in [0.717, 1.165) is 42.4 Å². The molecule has 0 spiro atoms. The second-order valence-electron chi connectivity index (χ2n) is 7.26. The second kappa shape index (κ2) is 6.31. The molecular weight excluding hydrogens is 324 g/mol. The number of aryl methyl sites for hydroxylation is 1. The number of rotatable bonds is 6. The molecule has 3 aliphatic rings. The number of nitrogens with one attached hydrogen (secondary N) is 2. The fourth-order valence-corrected chi connectivity index (χ4v) is 4.51. The largest absolute Gasteiger partial charge is 0.352 e. The summed E-state index contributed by atoms with van der Waals surface area (Å²) in [6, 6.07) is 0. The van der Waals surface area contributed by atoms with Crippen LogP contribution in [0.25, 0.3) is 0 Å². The lowest BCUT2D eigenvalue weighted by Gasteiger charge is -2.18. The van der Waals surface area contributed by atoms with Gasteiger partial charge in [0.05, 0.1) is 5.56 Å². The molecule has 6 heteroatoms. The summed E-state index contributed by atoms with van der Waals surface area (Å²) < 4.78 is 0. The van der Waals surface area contributed by atoms with Crippen molar-refractivity contribution in [2.75, 3.05) is 11.9 Å². The fourth-order valence-electron chi connectivity index (χ4n) is 3.26. The van der Waals surface area contributed by atoms with Gasteiger partial charge in [-0.3, -0.25) is 9.59 Å². The second-order valence-corrected chi connectivity index (χ2v) is 8.37. The summed E-state index contributed by atoms with van der Waals surface area (Å²) in [6.07, 6.45) is 7.49. The van der Waals surface area contributed by atoms with Crippen molar-refractivity contribution in [2.24, 2.45) is 17.8 Å². The SMILES string of the molecule is O=CC1CCc2sc(NC(=O)C3CC3)c(C(=O)NCC3CC3)c2C1. The molecule has 2 saturated carbocycles. The molecule has 3 aliphatic carbocycles. The van der Waals surface area contributed by atoms with Gasteiger partial charge in [-0.15, -0.1) is 11.3 Å². The summed E-state index contributed by atoms with van der Waals surface area (Å²) in [7, 11) is 0. The van der Waals surface area contributed by atoms with Crippen molar-refractivity contribution < 1.29 is 14.4 Å². The van der Waals surface area contributed by atoms with E-state index in [-0.39, 0.29) is 23.7 Å². The van der Waals surface area contributed by atoms with Gasteiger partial charge in [0.2, 0.25) is 5.91 Å². The van der Waals surface area contributed by atoms with Gasteiger partial charge in [0.1, 0.15) is 11.3 Å². The zero-order valence-electron chi connectivity index (χ0n) is 13.6. The quantitative estimate of drug-likeness (QED) is 0.777. The molecule has 0 bridgehead atoms. The van der Waals surface area contributed by atoms with Gasteiger partial charge in [0.15, 0.2) is 0 Å². The summed E-state index contributed by atoms with van der Waals surface area (Å²) >= 11 is 1.52. The van der Waals surface area contributed by atoms with Crippen molar-refractivity contribution in [1.82, 2.24) is 5.32 Å². The summed E-state index contributed by atoms with van der Waals surface area (Å²) in [5.41, 5.74) is 1.58. The third kappa shape index (κ3) is 3.24. The van der Waals surface area contributed by atoms with E-state index in [2.05, 4.69) is 10.6 Å². The molecule has 1 aromatic heterocycles. The Labute approximate surface area is 145 Å². The number of carbonyl (C=O) groups excluding carboxylic acids is 3. The first-order chi connectivity index (χ1) is 11.7. The minimum absolute atomic E-state index is 0.0194. The zero-order valence-corrected chi connectivity index (χ0v) is 14.4. The Morgan fingerprint density at radius 2 is 1.96 bits per heavy atom. The van der Waals surface area contributed by atoms with Crippen LogP contribution in [0.3, 0.4) is 0 Å². The van der Waals surface area contributed by atoms with Crippen molar-refractivity contribution in [1.29, 1.82) is 0 Å². The number of amides is 2. The first kappa shape index (κ1) is 15.8. The minimum Gasteiger partial charge on any atom is -0.352 e. The molecule has 0 radical (unpaired) electrons. The van der Waals surface area contributed by atoms with Crippen molar-refractivity contribution in [2.45, 2.75) is 44.9 Å². The van der Waals surface area contributed by atoms with Gasteiger partial charge in [-0.25, -0.2) is 0 Å². The molecule has 128 valence electrons. The summed E-state index contributed by atoms with van der Waals surface area (Å²) in [4.78, 5) is 37.3. The maximum absolute atomic E-state index is 12.7. The van der Waals surface area contributed by atoms with Gasteiger partial charge in [-0.2, -0.15) is 0 Å². The molecule has 0 saturated heterocycles.